The van der Waals surface area contributed by atoms with Gasteiger partial charge >= 0.3 is 0 Å². The van der Waals surface area contributed by atoms with Gasteiger partial charge in [-0.3, -0.25) is 0 Å². The van der Waals surface area contributed by atoms with Crippen molar-refractivity contribution in [3.63, 3.8) is 0 Å². The molecule has 2 aromatic carbocycles. The van der Waals surface area contributed by atoms with E-state index in [1.807, 2.05) is 0 Å². The molecule has 0 unspecified atom stereocenters. The Kier molecular flexibility index (Phi) is 5.84. The molecule has 0 amide bonds. The van der Waals surface area contributed by atoms with Gasteiger partial charge in [-0.15, -0.1) is 0 Å². The second-order valence-electron chi connectivity index (χ2n) is 5.32. The van der Waals surface area contributed by atoms with Crippen LogP contribution >= 0.6 is 34.8 Å². The van der Waals surface area contributed by atoms with E-state index in [0.29, 0.717) is 26.2 Å². The van der Waals surface area contributed by atoms with E-state index >= 15 is 0 Å². The average Bonchev–Trinajstić information content (AvgIpc) is 3.05. The highest BCUT2D eigenvalue weighted by Gasteiger charge is 2.16. The van der Waals surface area contributed by atoms with Gasteiger partial charge < -0.3 is 4.52 Å². The molecule has 0 saturated carbocycles. The van der Waals surface area contributed by atoms with E-state index in [0.717, 1.165) is 0 Å². The second kappa shape index (κ2) is 7.94. The fraction of sp³-hybridized carbons (Fsp3) is 0.125. The quantitative estimate of drug-likeness (QED) is 0.627. The van der Waals surface area contributed by atoms with E-state index in [-0.39, 0.29) is 24.0 Å². The van der Waals surface area contributed by atoms with Crippen LogP contribution in [0.15, 0.2) is 47.0 Å². The Hall–Kier alpha value is -1.64. The van der Waals surface area contributed by atoms with Crippen LogP contribution in [0.1, 0.15) is 11.5 Å². The van der Waals surface area contributed by atoms with Gasteiger partial charge in [-0.25, -0.2) is 13.1 Å². The number of nitrogens with one attached hydrogen (secondary N) is 1. The van der Waals surface area contributed by atoms with Crippen LogP contribution in [0.3, 0.4) is 0 Å². The van der Waals surface area contributed by atoms with Gasteiger partial charge in [0.25, 0.3) is 0 Å². The Morgan fingerprint density at radius 2 is 1.77 bits per heavy atom. The molecule has 0 aliphatic heterocycles. The minimum Gasteiger partial charge on any atom is -0.338 e. The van der Waals surface area contributed by atoms with Crippen molar-refractivity contribution >= 4 is 44.8 Å². The Bertz CT molecular complexity index is 1040. The summed E-state index contributed by atoms with van der Waals surface area (Å²) in [5.41, 5.74) is 1.11. The standard InChI is InChI=1S/C16H12Cl3N3O3S/c17-12-4-2-1-3-11(12)16-21-15(25-22-16)8-20-26(23,24)9-10-5-6-13(18)14(19)7-10/h1-7,20H,8-9H2. The third kappa shape index (κ3) is 4.75. The fourth-order valence-corrected chi connectivity index (χ4v) is 3.75. The van der Waals surface area contributed by atoms with E-state index in [1.54, 1.807) is 36.4 Å². The van der Waals surface area contributed by atoms with Crippen molar-refractivity contribution in [2.45, 2.75) is 12.3 Å². The topological polar surface area (TPSA) is 85.1 Å². The number of halogens is 3. The van der Waals surface area contributed by atoms with Crippen molar-refractivity contribution in [2.24, 2.45) is 0 Å². The summed E-state index contributed by atoms with van der Waals surface area (Å²) < 4.78 is 31.9. The summed E-state index contributed by atoms with van der Waals surface area (Å²) in [6.45, 7) is -0.138. The number of nitrogens with zero attached hydrogens (tertiary/aromatic N) is 2. The van der Waals surface area contributed by atoms with E-state index < -0.39 is 10.0 Å². The molecule has 1 heterocycles. The summed E-state index contributed by atoms with van der Waals surface area (Å²) in [6, 6.07) is 11.7. The SMILES string of the molecule is O=S(=O)(Cc1ccc(Cl)c(Cl)c1)NCc1nc(-c2ccccc2Cl)no1. The van der Waals surface area contributed by atoms with Crippen LogP contribution in [0.5, 0.6) is 0 Å². The van der Waals surface area contributed by atoms with E-state index in [4.69, 9.17) is 39.3 Å². The zero-order valence-corrected chi connectivity index (χ0v) is 16.2. The van der Waals surface area contributed by atoms with Crippen molar-refractivity contribution in [1.29, 1.82) is 0 Å². The summed E-state index contributed by atoms with van der Waals surface area (Å²) in [5, 5.41) is 4.94. The maximum atomic E-state index is 12.2. The van der Waals surface area contributed by atoms with Crippen molar-refractivity contribution in [1.82, 2.24) is 14.9 Å². The Labute approximate surface area is 165 Å². The summed E-state index contributed by atoms with van der Waals surface area (Å²) in [6.07, 6.45) is 0. The number of benzene rings is 2. The molecule has 6 nitrogen and oxygen atoms in total. The van der Waals surface area contributed by atoms with Crippen LogP contribution in [0.25, 0.3) is 11.4 Å². The molecule has 0 aliphatic carbocycles. The largest absolute Gasteiger partial charge is 0.338 e. The van der Waals surface area contributed by atoms with Gasteiger partial charge in [-0.1, -0.05) is 58.2 Å². The molecule has 1 N–H and O–H groups in total. The monoisotopic (exact) mass is 431 g/mol. The lowest BCUT2D eigenvalue weighted by atomic mass is 10.2. The Morgan fingerprint density at radius 3 is 2.50 bits per heavy atom. The van der Waals surface area contributed by atoms with E-state index in [2.05, 4.69) is 14.9 Å². The first kappa shape index (κ1) is 19.1. The lowest BCUT2D eigenvalue weighted by Crippen LogP contribution is -2.24. The summed E-state index contributed by atoms with van der Waals surface area (Å²) in [5.74, 6) is 0.155. The maximum absolute atomic E-state index is 12.2. The van der Waals surface area contributed by atoms with Gasteiger partial charge in [0, 0.05) is 5.56 Å². The van der Waals surface area contributed by atoms with E-state index in [9.17, 15) is 8.42 Å². The predicted octanol–water partition coefficient (Wildman–Crippen LogP) is 4.32. The van der Waals surface area contributed by atoms with Crippen LogP contribution in [-0.2, 0) is 22.3 Å². The zero-order chi connectivity index (χ0) is 18.7. The van der Waals surface area contributed by atoms with Gasteiger partial charge in [0.2, 0.25) is 21.7 Å². The molecule has 0 saturated heterocycles. The summed E-state index contributed by atoms with van der Waals surface area (Å²) >= 11 is 17.8. The second-order valence-corrected chi connectivity index (χ2v) is 8.35. The number of rotatable bonds is 6. The molecule has 0 fully saturated rings. The minimum atomic E-state index is -3.63. The molecular formula is C16H12Cl3N3O3S. The highest BCUT2D eigenvalue weighted by atomic mass is 35.5. The highest BCUT2D eigenvalue weighted by molar-refractivity contribution is 7.88. The van der Waals surface area contributed by atoms with Crippen molar-refractivity contribution < 1.29 is 12.9 Å². The maximum Gasteiger partial charge on any atom is 0.242 e. The molecule has 0 radical (unpaired) electrons. The number of sulfonamides is 1. The van der Waals surface area contributed by atoms with Crippen LogP contribution in [-0.4, -0.2) is 18.6 Å². The molecule has 10 heteroatoms. The molecule has 0 aliphatic rings. The molecule has 0 spiro atoms. The van der Waals surface area contributed by atoms with Gasteiger partial charge in [0.05, 0.1) is 27.4 Å². The van der Waals surface area contributed by atoms with Gasteiger partial charge in [-0.05, 0) is 29.8 Å². The van der Waals surface area contributed by atoms with Gasteiger partial charge in [0.15, 0.2) is 0 Å². The molecule has 3 rings (SSSR count). The first-order chi connectivity index (χ1) is 12.3. The smallest absolute Gasteiger partial charge is 0.242 e. The van der Waals surface area contributed by atoms with Crippen molar-refractivity contribution in [3.8, 4) is 11.4 Å². The lowest BCUT2D eigenvalue weighted by molar-refractivity contribution is 0.376. The lowest BCUT2D eigenvalue weighted by Gasteiger charge is -2.06. The zero-order valence-electron chi connectivity index (χ0n) is 13.1. The average molecular weight is 433 g/mol. The molecule has 26 heavy (non-hydrogen) atoms. The molecular weight excluding hydrogens is 421 g/mol. The molecule has 1 aromatic heterocycles. The van der Waals surface area contributed by atoms with Gasteiger partial charge in [-0.2, -0.15) is 4.98 Å². The first-order valence-corrected chi connectivity index (χ1v) is 10.1. The Morgan fingerprint density at radius 1 is 1.00 bits per heavy atom. The Balaban J connectivity index is 1.66. The van der Waals surface area contributed by atoms with Crippen LogP contribution in [0.4, 0.5) is 0 Å². The van der Waals surface area contributed by atoms with Crippen LogP contribution < -0.4 is 4.72 Å². The molecule has 0 atom stereocenters. The van der Waals surface area contributed by atoms with E-state index in [1.165, 1.54) is 6.07 Å². The molecule has 136 valence electrons. The minimum absolute atomic E-state index is 0.123. The fourth-order valence-electron chi connectivity index (χ4n) is 2.15. The normalized spacial score (nSPS) is 11.7. The first-order valence-electron chi connectivity index (χ1n) is 7.33. The number of hydrogen-bond acceptors (Lipinski definition) is 5. The predicted molar refractivity (Wildman–Crippen MR) is 101 cm³/mol. The third-order valence-corrected chi connectivity index (χ3v) is 5.73. The molecule has 3 aromatic rings. The highest BCUT2D eigenvalue weighted by Crippen LogP contribution is 2.25. The summed E-state index contributed by atoms with van der Waals surface area (Å²) in [4.78, 5) is 4.15. The molecule has 0 bridgehead atoms. The summed E-state index contributed by atoms with van der Waals surface area (Å²) in [7, 11) is -3.63. The number of hydrogen-bond donors (Lipinski definition) is 1. The van der Waals surface area contributed by atoms with Gasteiger partial charge in [0.1, 0.15) is 0 Å². The van der Waals surface area contributed by atoms with Crippen molar-refractivity contribution in [2.75, 3.05) is 0 Å². The van der Waals surface area contributed by atoms with Crippen molar-refractivity contribution in [3.05, 3.63) is 69.0 Å². The van der Waals surface area contributed by atoms with Crippen LogP contribution in [0, 0.1) is 0 Å². The third-order valence-electron chi connectivity index (χ3n) is 3.37. The van der Waals surface area contributed by atoms with Crippen LogP contribution in [0.2, 0.25) is 15.1 Å². The number of aromatic nitrogens is 2.